The first-order valence-electron chi connectivity index (χ1n) is 8.42. The molecule has 0 saturated carbocycles. The lowest BCUT2D eigenvalue weighted by Gasteiger charge is -2.11. The van der Waals surface area contributed by atoms with Gasteiger partial charge >= 0.3 is 0 Å². The van der Waals surface area contributed by atoms with Gasteiger partial charge in [-0.1, -0.05) is 36.4 Å². The molecule has 0 bridgehead atoms. The Morgan fingerprint density at radius 3 is 2.32 bits per heavy atom. The average Bonchev–Trinajstić information content (AvgIpc) is 2.69. The van der Waals surface area contributed by atoms with Crippen LogP contribution in [-0.4, -0.2) is 20.7 Å². The van der Waals surface area contributed by atoms with Crippen LogP contribution in [0.1, 0.15) is 15.9 Å². The molecule has 0 spiro atoms. The van der Waals surface area contributed by atoms with Gasteiger partial charge in [0.1, 0.15) is 11.6 Å². The van der Waals surface area contributed by atoms with E-state index >= 15 is 0 Å². The quantitative estimate of drug-likeness (QED) is 0.633. The summed E-state index contributed by atoms with van der Waals surface area (Å²) >= 11 is 0. The number of rotatable bonds is 6. The number of hydrogen-bond acceptors (Lipinski definition) is 3. The van der Waals surface area contributed by atoms with Crippen molar-refractivity contribution in [2.24, 2.45) is 0 Å². The Bertz CT molecular complexity index is 1130. The Labute approximate surface area is 161 Å². The molecule has 0 amide bonds. The van der Waals surface area contributed by atoms with Crippen LogP contribution in [0.3, 0.4) is 0 Å². The summed E-state index contributed by atoms with van der Waals surface area (Å²) in [5.41, 5.74) is 1.52. The van der Waals surface area contributed by atoms with Crippen molar-refractivity contribution in [3.8, 4) is 11.1 Å². The molecule has 4 nitrogen and oxygen atoms in total. The van der Waals surface area contributed by atoms with Gasteiger partial charge in [0.05, 0.1) is 17.0 Å². The molecule has 3 aromatic carbocycles. The van der Waals surface area contributed by atoms with Gasteiger partial charge in [-0.3, -0.25) is 4.79 Å². The standard InChI is InChI=1S/C21H17F2NO3S/c1-14-10-16(15-6-3-2-4-7-15)11-19(21(14)23)20(25)13-24-28(26,27)18-9-5-8-17(22)12-18/h2-12,24H,13H2,1H3. The van der Waals surface area contributed by atoms with Gasteiger partial charge in [-0.15, -0.1) is 0 Å². The van der Waals surface area contributed by atoms with Crippen molar-refractivity contribution in [2.75, 3.05) is 6.54 Å². The minimum atomic E-state index is -4.10. The summed E-state index contributed by atoms with van der Waals surface area (Å²) in [6, 6.07) is 16.6. The summed E-state index contributed by atoms with van der Waals surface area (Å²) in [6.45, 7) is 0.892. The average molecular weight is 401 g/mol. The zero-order chi connectivity index (χ0) is 20.3. The molecule has 0 aliphatic carbocycles. The summed E-state index contributed by atoms with van der Waals surface area (Å²) < 4.78 is 54.3. The van der Waals surface area contributed by atoms with E-state index in [9.17, 15) is 22.0 Å². The normalized spacial score (nSPS) is 11.4. The van der Waals surface area contributed by atoms with Crippen LogP contribution < -0.4 is 4.72 Å². The summed E-state index contributed by atoms with van der Waals surface area (Å²) in [6.07, 6.45) is 0. The van der Waals surface area contributed by atoms with Gasteiger partial charge < -0.3 is 0 Å². The highest BCUT2D eigenvalue weighted by Crippen LogP contribution is 2.25. The van der Waals surface area contributed by atoms with Crippen molar-refractivity contribution in [1.82, 2.24) is 4.72 Å². The number of aryl methyl sites for hydroxylation is 1. The van der Waals surface area contributed by atoms with E-state index in [0.29, 0.717) is 5.56 Å². The summed E-state index contributed by atoms with van der Waals surface area (Å²) in [7, 11) is -4.10. The number of benzene rings is 3. The molecule has 0 atom stereocenters. The van der Waals surface area contributed by atoms with Crippen LogP contribution in [0.15, 0.2) is 71.6 Å². The number of halogens is 2. The van der Waals surface area contributed by atoms with E-state index < -0.39 is 34.0 Å². The second-order valence-corrected chi connectivity index (χ2v) is 7.99. The fraction of sp³-hybridized carbons (Fsp3) is 0.0952. The van der Waals surface area contributed by atoms with Gasteiger partial charge in [0.15, 0.2) is 5.78 Å². The maximum atomic E-state index is 14.5. The highest BCUT2D eigenvalue weighted by atomic mass is 32.2. The smallest absolute Gasteiger partial charge is 0.241 e. The molecule has 0 saturated heterocycles. The van der Waals surface area contributed by atoms with Crippen molar-refractivity contribution in [2.45, 2.75) is 11.8 Å². The van der Waals surface area contributed by atoms with Crippen molar-refractivity contribution < 1.29 is 22.0 Å². The van der Waals surface area contributed by atoms with Crippen LogP contribution in [0.25, 0.3) is 11.1 Å². The number of ketones is 1. The number of hydrogen-bond donors (Lipinski definition) is 1. The molecule has 0 heterocycles. The molecule has 0 aliphatic heterocycles. The summed E-state index contributed by atoms with van der Waals surface area (Å²) in [5.74, 6) is -2.14. The zero-order valence-electron chi connectivity index (χ0n) is 14.9. The maximum Gasteiger partial charge on any atom is 0.241 e. The van der Waals surface area contributed by atoms with Crippen LogP contribution in [-0.2, 0) is 10.0 Å². The molecule has 0 aliphatic rings. The van der Waals surface area contributed by atoms with Crippen LogP contribution in [0.5, 0.6) is 0 Å². The minimum Gasteiger partial charge on any atom is -0.293 e. The zero-order valence-corrected chi connectivity index (χ0v) is 15.8. The van der Waals surface area contributed by atoms with Gasteiger partial charge in [-0.05, 0) is 53.9 Å². The molecule has 0 fully saturated rings. The molecule has 144 valence electrons. The molecule has 7 heteroatoms. The molecule has 28 heavy (non-hydrogen) atoms. The first kappa shape index (κ1) is 19.9. The van der Waals surface area contributed by atoms with Crippen molar-refractivity contribution >= 4 is 15.8 Å². The topological polar surface area (TPSA) is 63.2 Å². The van der Waals surface area contributed by atoms with Crippen molar-refractivity contribution in [3.05, 3.63) is 89.5 Å². The molecule has 1 N–H and O–H groups in total. The Kier molecular flexibility index (Phi) is 5.67. The Balaban J connectivity index is 1.85. The van der Waals surface area contributed by atoms with Gasteiger partial charge in [0.2, 0.25) is 10.0 Å². The molecular formula is C21H17F2NO3S. The first-order chi connectivity index (χ1) is 13.3. The van der Waals surface area contributed by atoms with Crippen LogP contribution in [0, 0.1) is 18.6 Å². The number of Topliss-reactive ketones (excluding diaryl/α,β-unsaturated/α-hetero) is 1. The second kappa shape index (κ2) is 8.00. The molecule has 0 unspecified atom stereocenters. The largest absolute Gasteiger partial charge is 0.293 e. The van der Waals surface area contributed by atoms with E-state index in [1.807, 2.05) is 30.3 Å². The summed E-state index contributed by atoms with van der Waals surface area (Å²) in [4.78, 5) is 12.2. The highest BCUT2D eigenvalue weighted by Gasteiger charge is 2.20. The third-order valence-electron chi connectivity index (χ3n) is 4.19. The Hall–Kier alpha value is -2.90. The molecule has 0 radical (unpaired) electrons. The predicted molar refractivity (Wildman–Crippen MR) is 102 cm³/mol. The van der Waals surface area contributed by atoms with E-state index in [2.05, 4.69) is 4.72 Å². The van der Waals surface area contributed by atoms with E-state index in [4.69, 9.17) is 0 Å². The highest BCUT2D eigenvalue weighted by molar-refractivity contribution is 7.89. The predicted octanol–water partition coefficient (Wildman–Crippen LogP) is 4.10. The van der Waals surface area contributed by atoms with Crippen LogP contribution >= 0.6 is 0 Å². The Morgan fingerprint density at radius 1 is 0.929 bits per heavy atom. The fourth-order valence-corrected chi connectivity index (χ4v) is 3.76. The van der Waals surface area contributed by atoms with Crippen molar-refractivity contribution in [1.29, 1.82) is 0 Å². The molecule has 3 aromatic rings. The lowest BCUT2D eigenvalue weighted by atomic mass is 9.98. The van der Waals surface area contributed by atoms with Gasteiger partial charge in [0.25, 0.3) is 0 Å². The van der Waals surface area contributed by atoms with Crippen LogP contribution in [0.2, 0.25) is 0 Å². The van der Waals surface area contributed by atoms with Crippen LogP contribution in [0.4, 0.5) is 8.78 Å². The number of carbonyl (C=O) groups is 1. The number of carbonyl (C=O) groups excluding carboxylic acids is 1. The maximum absolute atomic E-state index is 14.5. The van der Waals surface area contributed by atoms with E-state index in [1.54, 1.807) is 6.07 Å². The van der Waals surface area contributed by atoms with E-state index in [-0.39, 0.29) is 16.0 Å². The van der Waals surface area contributed by atoms with E-state index in [1.165, 1.54) is 25.1 Å². The lowest BCUT2D eigenvalue weighted by molar-refractivity contribution is 0.0993. The van der Waals surface area contributed by atoms with Gasteiger partial charge in [-0.25, -0.2) is 21.9 Å². The molecular weight excluding hydrogens is 384 g/mol. The fourth-order valence-electron chi connectivity index (χ4n) is 2.74. The monoisotopic (exact) mass is 401 g/mol. The molecule has 3 rings (SSSR count). The van der Waals surface area contributed by atoms with Gasteiger partial charge in [-0.2, -0.15) is 0 Å². The SMILES string of the molecule is Cc1cc(-c2ccccc2)cc(C(=O)CNS(=O)(=O)c2cccc(F)c2)c1F. The first-order valence-corrected chi connectivity index (χ1v) is 9.90. The number of sulfonamides is 1. The van der Waals surface area contributed by atoms with E-state index in [0.717, 1.165) is 17.7 Å². The molecule has 0 aromatic heterocycles. The third-order valence-corrected chi connectivity index (χ3v) is 5.59. The summed E-state index contributed by atoms with van der Waals surface area (Å²) in [5, 5.41) is 0. The Morgan fingerprint density at radius 2 is 1.64 bits per heavy atom. The van der Waals surface area contributed by atoms with Crippen molar-refractivity contribution in [3.63, 3.8) is 0 Å². The second-order valence-electron chi connectivity index (χ2n) is 6.23. The van der Waals surface area contributed by atoms with Gasteiger partial charge in [0, 0.05) is 0 Å². The minimum absolute atomic E-state index is 0.208. The number of nitrogens with one attached hydrogen (secondary N) is 1. The third kappa shape index (κ3) is 4.32. The lowest BCUT2D eigenvalue weighted by Crippen LogP contribution is -2.30.